The van der Waals surface area contributed by atoms with E-state index in [0.29, 0.717) is 18.1 Å². The number of nitrogens with zero attached hydrogens (tertiary/aromatic N) is 3. The number of hydrogen-bond donors (Lipinski definition) is 1. The van der Waals surface area contributed by atoms with Gasteiger partial charge in [0.25, 0.3) is 0 Å². The Hall–Kier alpha value is -1.11. The second kappa shape index (κ2) is 3.22. The van der Waals surface area contributed by atoms with Gasteiger partial charge in [0.2, 0.25) is 0 Å². The van der Waals surface area contributed by atoms with E-state index in [1.807, 2.05) is 0 Å². The fourth-order valence-corrected chi connectivity index (χ4v) is 2.32. The Balaban J connectivity index is 1.92. The number of alkyl halides is 3. The number of hydrogen-bond acceptors (Lipinski definition) is 3. The summed E-state index contributed by atoms with van der Waals surface area (Å²) in [7, 11) is 0. The van der Waals surface area contributed by atoms with Crippen molar-refractivity contribution in [1.29, 1.82) is 0 Å². The Kier molecular flexibility index (Phi) is 2.08. The van der Waals surface area contributed by atoms with Crippen molar-refractivity contribution >= 4 is 0 Å². The van der Waals surface area contributed by atoms with E-state index in [4.69, 9.17) is 5.73 Å². The molecule has 1 unspecified atom stereocenters. The third-order valence-electron chi connectivity index (χ3n) is 3.64. The molecule has 1 aromatic heterocycles. The highest BCUT2D eigenvalue weighted by Gasteiger charge is 2.48. The van der Waals surface area contributed by atoms with E-state index in [9.17, 15) is 13.2 Å². The van der Waals surface area contributed by atoms with E-state index in [1.165, 1.54) is 0 Å². The predicted octanol–water partition coefficient (Wildman–Crippen LogP) is 1.35. The molecule has 2 N–H and O–H groups in total. The molecule has 94 valence electrons. The van der Waals surface area contributed by atoms with Gasteiger partial charge in [-0.2, -0.15) is 13.2 Å². The van der Waals surface area contributed by atoms with Gasteiger partial charge in [0, 0.05) is 13.0 Å². The van der Waals surface area contributed by atoms with Gasteiger partial charge >= 0.3 is 6.18 Å². The summed E-state index contributed by atoms with van der Waals surface area (Å²) in [4.78, 5) is 0. The summed E-state index contributed by atoms with van der Waals surface area (Å²) in [5.74, 6) is -0.134. The maximum absolute atomic E-state index is 12.7. The Bertz CT molecular complexity index is 447. The van der Waals surface area contributed by atoms with Crippen LogP contribution in [0.3, 0.4) is 0 Å². The van der Waals surface area contributed by atoms with Gasteiger partial charge in [-0.25, -0.2) is 0 Å². The molecule has 7 heteroatoms. The molecule has 1 fully saturated rings. The largest absolute Gasteiger partial charge is 0.393 e. The number of nitrogens with two attached hydrogens (primary N) is 1. The predicted molar refractivity (Wildman–Crippen MR) is 53.0 cm³/mol. The monoisotopic (exact) mass is 246 g/mol. The molecule has 0 amide bonds. The van der Waals surface area contributed by atoms with Crippen molar-refractivity contribution in [2.75, 3.05) is 0 Å². The Labute approximate surface area is 96.0 Å². The summed E-state index contributed by atoms with van der Waals surface area (Å²) in [6.07, 6.45) is -2.17. The summed E-state index contributed by atoms with van der Waals surface area (Å²) >= 11 is 0. The first-order chi connectivity index (χ1) is 7.90. The molecule has 0 saturated heterocycles. The van der Waals surface area contributed by atoms with Gasteiger partial charge in [-0.1, -0.05) is 0 Å². The molecule has 0 aromatic carbocycles. The summed E-state index contributed by atoms with van der Waals surface area (Å²) in [6.45, 7) is -0.0832. The lowest BCUT2D eigenvalue weighted by molar-refractivity contribution is -0.182. The molecular weight excluding hydrogens is 233 g/mol. The normalized spacial score (nSPS) is 26.7. The lowest BCUT2D eigenvalue weighted by Gasteiger charge is -2.27. The van der Waals surface area contributed by atoms with Crippen LogP contribution in [0.1, 0.15) is 30.9 Å². The number of fused-ring (bicyclic) bond motifs is 1. The lowest BCUT2D eigenvalue weighted by Crippen LogP contribution is -2.35. The zero-order chi connectivity index (χ0) is 12.3. The van der Waals surface area contributed by atoms with Crippen molar-refractivity contribution in [3.63, 3.8) is 0 Å². The average Bonchev–Trinajstić information content (AvgIpc) is 2.85. The molecule has 0 spiro atoms. The molecule has 2 aliphatic rings. The van der Waals surface area contributed by atoms with E-state index in [1.54, 1.807) is 4.57 Å². The summed E-state index contributed by atoms with van der Waals surface area (Å²) in [6, 6.07) is 0. The molecular formula is C10H13F3N4. The Morgan fingerprint density at radius 1 is 1.29 bits per heavy atom. The van der Waals surface area contributed by atoms with Crippen LogP contribution in [0.15, 0.2) is 0 Å². The molecule has 0 bridgehead atoms. The number of halogens is 3. The minimum Gasteiger partial charge on any atom is -0.319 e. The van der Waals surface area contributed by atoms with Crippen molar-refractivity contribution < 1.29 is 13.2 Å². The van der Waals surface area contributed by atoms with Crippen molar-refractivity contribution in [3.05, 3.63) is 11.6 Å². The summed E-state index contributed by atoms with van der Waals surface area (Å²) < 4.78 is 39.7. The quantitative estimate of drug-likeness (QED) is 0.813. The highest BCUT2D eigenvalue weighted by molar-refractivity contribution is 5.17. The smallest absolute Gasteiger partial charge is 0.319 e. The van der Waals surface area contributed by atoms with Crippen LogP contribution in [0.2, 0.25) is 0 Å². The Morgan fingerprint density at radius 3 is 2.59 bits per heavy atom. The summed E-state index contributed by atoms with van der Waals surface area (Å²) in [5, 5.41) is 7.91. The Morgan fingerprint density at radius 2 is 2.00 bits per heavy atom. The second-order valence-corrected chi connectivity index (χ2v) is 4.98. The van der Waals surface area contributed by atoms with Crippen LogP contribution in [-0.2, 0) is 18.5 Å². The van der Waals surface area contributed by atoms with Crippen LogP contribution >= 0.6 is 0 Å². The third kappa shape index (κ3) is 1.72. The van der Waals surface area contributed by atoms with Gasteiger partial charge < -0.3 is 10.3 Å². The molecule has 0 radical (unpaired) electrons. The van der Waals surface area contributed by atoms with Crippen LogP contribution in [-0.4, -0.2) is 20.9 Å². The topological polar surface area (TPSA) is 56.7 Å². The fraction of sp³-hybridized carbons (Fsp3) is 0.800. The average molecular weight is 246 g/mol. The van der Waals surface area contributed by atoms with E-state index in [0.717, 1.165) is 12.8 Å². The van der Waals surface area contributed by atoms with Crippen LogP contribution in [0.5, 0.6) is 0 Å². The second-order valence-electron chi connectivity index (χ2n) is 4.98. The number of aryl methyl sites for hydroxylation is 1. The maximum Gasteiger partial charge on any atom is 0.393 e. The first-order valence-corrected chi connectivity index (χ1v) is 5.68. The maximum atomic E-state index is 12.7. The molecule has 17 heavy (non-hydrogen) atoms. The van der Waals surface area contributed by atoms with E-state index in [2.05, 4.69) is 10.2 Å². The van der Waals surface area contributed by atoms with Gasteiger partial charge in [0.05, 0.1) is 11.5 Å². The standard InChI is InChI=1S/C10H13F3N4/c11-10(12,13)6-1-2-7-15-16-8(17(7)5-6)9(14)3-4-9/h6H,1-5,14H2. The molecule has 2 heterocycles. The molecule has 1 aliphatic heterocycles. The van der Waals surface area contributed by atoms with Crippen LogP contribution < -0.4 is 5.73 Å². The number of aromatic nitrogens is 3. The van der Waals surface area contributed by atoms with Crippen LogP contribution in [0.25, 0.3) is 0 Å². The van der Waals surface area contributed by atoms with Gasteiger partial charge in [-0.3, -0.25) is 0 Å². The minimum atomic E-state index is -4.15. The molecule has 1 atom stereocenters. The van der Waals surface area contributed by atoms with Crippen LogP contribution in [0, 0.1) is 5.92 Å². The fourth-order valence-electron chi connectivity index (χ4n) is 2.32. The van der Waals surface area contributed by atoms with Crippen LogP contribution in [0.4, 0.5) is 13.2 Å². The highest BCUT2D eigenvalue weighted by atomic mass is 19.4. The van der Waals surface area contributed by atoms with E-state index in [-0.39, 0.29) is 13.0 Å². The van der Waals surface area contributed by atoms with Gasteiger partial charge in [0.15, 0.2) is 5.82 Å². The molecule has 1 saturated carbocycles. The minimum absolute atomic E-state index is 0.0832. The number of rotatable bonds is 1. The molecule has 3 rings (SSSR count). The lowest BCUT2D eigenvalue weighted by atomic mass is 9.98. The first kappa shape index (κ1) is 11.0. The van der Waals surface area contributed by atoms with Gasteiger partial charge in [-0.05, 0) is 19.3 Å². The zero-order valence-electron chi connectivity index (χ0n) is 9.17. The van der Waals surface area contributed by atoms with Gasteiger partial charge in [0.1, 0.15) is 5.82 Å². The van der Waals surface area contributed by atoms with Crippen molar-refractivity contribution in [1.82, 2.24) is 14.8 Å². The molecule has 1 aromatic rings. The summed E-state index contributed by atoms with van der Waals surface area (Å²) in [5.41, 5.74) is 5.46. The van der Waals surface area contributed by atoms with Crippen molar-refractivity contribution in [3.8, 4) is 0 Å². The van der Waals surface area contributed by atoms with Crippen molar-refractivity contribution in [2.45, 2.75) is 43.9 Å². The zero-order valence-corrected chi connectivity index (χ0v) is 9.17. The SMILES string of the molecule is NC1(c2nnc3n2CC(C(F)(F)F)CC3)CC1. The highest BCUT2D eigenvalue weighted by Crippen LogP contribution is 2.43. The molecule has 1 aliphatic carbocycles. The first-order valence-electron chi connectivity index (χ1n) is 5.68. The third-order valence-corrected chi connectivity index (χ3v) is 3.64. The van der Waals surface area contributed by atoms with Gasteiger partial charge in [-0.15, -0.1) is 10.2 Å². The van der Waals surface area contributed by atoms with E-state index < -0.39 is 17.6 Å². The molecule has 4 nitrogen and oxygen atoms in total. The van der Waals surface area contributed by atoms with Crippen molar-refractivity contribution in [2.24, 2.45) is 11.7 Å². The van der Waals surface area contributed by atoms with E-state index >= 15 is 0 Å².